The number of para-hydroxylation sites is 1. The second-order valence-corrected chi connectivity index (χ2v) is 10.9. The molecule has 3 aromatic heterocycles. The lowest BCUT2D eigenvalue weighted by Crippen LogP contribution is -2.44. The summed E-state index contributed by atoms with van der Waals surface area (Å²) in [4.78, 5) is 42.1. The second-order valence-electron chi connectivity index (χ2n) is 10.9. The molecule has 2 aromatic carbocycles. The number of aliphatic hydroxyl groups excluding tert-OH is 4. The number of hydrogen-bond donors (Lipinski definition) is 7. The number of ether oxygens (including phenoxy) is 1. The van der Waals surface area contributed by atoms with Gasteiger partial charge in [-0.25, -0.2) is 9.78 Å². The Morgan fingerprint density at radius 1 is 0.957 bits per heavy atom. The fourth-order valence-electron chi connectivity index (χ4n) is 5.41. The van der Waals surface area contributed by atoms with Crippen LogP contribution in [0.5, 0.6) is 5.75 Å². The number of carbonyl (C=O) groups is 2. The molecule has 0 unspecified atom stereocenters. The first-order valence-electron chi connectivity index (χ1n) is 14.7. The zero-order chi connectivity index (χ0) is 32.9. The number of nitrogens with zero attached hydrogens (tertiary/aromatic N) is 7. The molecule has 17 nitrogen and oxygen atoms in total. The third-order valence-corrected chi connectivity index (χ3v) is 7.66. The number of amides is 2. The first-order valence-corrected chi connectivity index (χ1v) is 14.7. The Balaban J connectivity index is 1.33. The minimum atomic E-state index is -1.32. The van der Waals surface area contributed by atoms with Gasteiger partial charge in [0.2, 0.25) is 5.91 Å². The van der Waals surface area contributed by atoms with Crippen molar-refractivity contribution in [2.45, 2.75) is 43.2 Å². The highest BCUT2D eigenvalue weighted by atomic mass is 16.6. The van der Waals surface area contributed by atoms with Crippen LogP contribution >= 0.6 is 0 Å². The second kappa shape index (κ2) is 13.9. The highest BCUT2D eigenvalue weighted by Gasteiger charge is 2.44. The van der Waals surface area contributed by atoms with Gasteiger partial charge < -0.3 is 40.4 Å². The predicted molar refractivity (Wildman–Crippen MR) is 166 cm³/mol. The molecule has 2 amide bonds. The molecule has 1 aliphatic rings. The summed E-state index contributed by atoms with van der Waals surface area (Å²) in [5.41, 5.74) is 1.52. The molecule has 0 spiro atoms. The number of aromatic nitrogens is 7. The van der Waals surface area contributed by atoms with E-state index in [4.69, 9.17) is 9.84 Å². The van der Waals surface area contributed by atoms with E-state index in [0.29, 0.717) is 17.7 Å². The number of nitrogens with one attached hydrogen (secondary N) is 3. The molecule has 1 fully saturated rings. The van der Waals surface area contributed by atoms with E-state index in [9.17, 15) is 24.9 Å². The quantitative estimate of drug-likeness (QED) is 0.102. The summed E-state index contributed by atoms with van der Waals surface area (Å²) < 4.78 is 8.01. The Kier molecular flexibility index (Phi) is 9.30. The van der Waals surface area contributed by atoms with E-state index in [1.165, 1.54) is 17.3 Å². The summed E-state index contributed by atoms with van der Waals surface area (Å²) in [6.45, 7) is -1.01. The third kappa shape index (κ3) is 7.02. The first kappa shape index (κ1) is 31.5. The summed E-state index contributed by atoms with van der Waals surface area (Å²) in [5, 5.41) is 53.5. The SMILES string of the molecule is O=C(CO)N[C@H]1C[C@@H](n2cnc3c(N[C@H](CO)Cc4ccccc4)nc(-n4cnc(NC(=O)Oc5ccccc5)n4)nc32)[C@H](O)[C@@H]1O. The van der Waals surface area contributed by atoms with Crippen molar-refractivity contribution in [1.82, 2.24) is 39.6 Å². The van der Waals surface area contributed by atoms with Crippen LogP contribution < -0.4 is 20.7 Å². The lowest BCUT2D eigenvalue weighted by molar-refractivity contribution is -0.125. The van der Waals surface area contributed by atoms with Crippen molar-refractivity contribution in [2.24, 2.45) is 0 Å². The van der Waals surface area contributed by atoms with Crippen LogP contribution in [0.2, 0.25) is 0 Å². The molecular formula is C30H32N10O7. The summed E-state index contributed by atoms with van der Waals surface area (Å²) in [7, 11) is 0. The number of hydrogen-bond acceptors (Lipinski definition) is 13. The smallest absolute Gasteiger partial charge is 0.410 e. The van der Waals surface area contributed by atoms with Crippen LogP contribution in [-0.4, -0.2) is 104 Å². The Morgan fingerprint density at radius 2 is 1.70 bits per heavy atom. The van der Waals surface area contributed by atoms with Gasteiger partial charge in [0.05, 0.1) is 31.1 Å². The average Bonchev–Trinajstić information content (AvgIpc) is 3.80. The molecule has 6 rings (SSSR count). The van der Waals surface area contributed by atoms with E-state index in [1.54, 1.807) is 34.9 Å². The zero-order valence-electron chi connectivity index (χ0n) is 24.8. The van der Waals surface area contributed by atoms with E-state index in [-0.39, 0.29) is 36.4 Å². The lowest BCUT2D eigenvalue weighted by Gasteiger charge is -2.19. The molecule has 0 radical (unpaired) electrons. The molecule has 1 saturated carbocycles. The predicted octanol–water partition coefficient (Wildman–Crippen LogP) is 0.177. The Morgan fingerprint density at radius 3 is 2.43 bits per heavy atom. The fraction of sp³-hybridized carbons (Fsp3) is 0.300. The van der Waals surface area contributed by atoms with Crippen LogP contribution in [0.1, 0.15) is 18.0 Å². The molecule has 7 N–H and O–H groups in total. The summed E-state index contributed by atoms with van der Waals surface area (Å²) in [6, 6.07) is 15.9. The number of rotatable bonds is 11. The van der Waals surface area contributed by atoms with Crippen LogP contribution in [0.4, 0.5) is 16.6 Å². The standard InChI is InChI=1S/C30H32N10O7/c41-13-18(11-17-7-3-1-4-8-17)33-26-23-27(39(15-31-23)21-12-20(24(44)25(21)45)34-22(43)14-42)36-29(35-26)40-16-32-28(38-40)37-30(46)47-19-9-5-2-6-10-19/h1-10,15-16,18,20-21,24-25,41-42,44-45H,11-14H2,(H,34,43)(H,33,35,36)(H,37,38,46)/t18-,20-,21+,24+,25-/m0/s1. The monoisotopic (exact) mass is 644 g/mol. The molecule has 17 heteroatoms. The molecule has 0 aliphatic heterocycles. The van der Waals surface area contributed by atoms with Crippen LogP contribution in [-0.2, 0) is 11.2 Å². The van der Waals surface area contributed by atoms with E-state index < -0.39 is 48.9 Å². The van der Waals surface area contributed by atoms with E-state index in [0.717, 1.165) is 5.56 Å². The Bertz CT molecular complexity index is 1830. The van der Waals surface area contributed by atoms with Gasteiger partial charge in [-0.3, -0.25) is 10.1 Å². The Labute approximate surface area is 266 Å². The molecular weight excluding hydrogens is 612 g/mol. The van der Waals surface area contributed by atoms with Gasteiger partial charge in [0.15, 0.2) is 17.0 Å². The van der Waals surface area contributed by atoms with Gasteiger partial charge in [0.25, 0.3) is 11.9 Å². The molecule has 3 heterocycles. The van der Waals surface area contributed by atoms with Crippen LogP contribution in [0.25, 0.3) is 17.1 Å². The summed E-state index contributed by atoms with van der Waals surface area (Å²) in [6.07, 6.45) is -0.164. The van der Waals surface area contributed by atoms with Crippen molar-refractivity contribution in [3.8, 4) is 11.7 Å². The van der Waals surface area contributed by atoms with Crippen molar-refractivity contribution >= 4 is 34.9 Å². The Hall–Kier alpha value is -5.49. The van der Waals surface area contributed by atoms with E-state index in [2.05, 4.69) is 41.0 Å². The molecule has 5 atom stereocenters. The minimum Gasteiger partial charge on any atom is -0.410 e. The summed E-state index contributed by atoms with van der Waals surface area (Å²) in [5.74, 6) is -0.204. The highest BCUT2D eigenvalue weighted by Crippen LogP contribution is 2.34. The van der Waals surface area contributed by atoms with Crippen molar-refractivity contribution in [3.05, 3.63) is 78.9 Å². The van der Waals surface area contributed by atoms with Crippen LogP contribution in [0.15, 0.2) is 73.3 Å². The maximum atomic E-state index is 12.4. The van der Waals surface area contributed by atoms with Crippen LogP contribution in [0, 0.1) is 0 Å². The van der Waals surface area contributed by atoms with E-state index >= 15 is 0 Å². The maximum Gasteiger partial charge on any atom is 0.419 e. The number of anilines is 2. The number of imidazole rings is 1. The van der Waals surface area contributed by atoms with Gasteiger partial charge in [-0.1, -0.05) is 48.5 Å². The summed E-state index contributed by atoms with van der Waals surface area (Å²) >= 11 is 0. The van der Waals surface area contributed by atoms with Gasteiger partial charge in [-0.15, -0.1) is 5.10 Å². The topological polar surface area (TPSA) is 235 Å². The number of aliphatic hydroxyl groups is 4. The number of benzene rings is 2. The van der Waals surface area contributed by atoms with Crippen molar-refractivity contribution < 1.29 is 34.8 Å². The van der Waals surface area contributed by atoms with Crippen LogP contribution in [0.3, 0.4) is 0 Å². The van der Waals surface area contributed by atoms with Gasteiger partial charge in [-0.05, 0) is 30.5 Å². The molecule has 0 bridgehead atoms. The molecule has 47 heavy (non-hydrogen) atoms. The average molecular weight is 645 g/mol. The van der Waals surface area contributed by atoms with Crippen molar-refractivity contribution in [3.63, 3.8) is 0 Å². The molecule has 0 saturated heterocycles. The lowest BCUT2D eigenvalue weighted by atomic mass is 10.1. The van der Waals surface area contributed by atoms with Crippen molar-refractivity contribution in [1.29, 1.82) is 0 Å². The normalized spacial score (nSPS) is 19.7. The van der Waals surface area contributed by atoms with Crippen molar-refractivity contribution in [2.75, 3.05) is 23.8 Å². The molecule has 1 aliphatic carbocycles. The largest absolute Gasteiger partial charge is 0.419 e. The van der Waals surface area contributed by atoms with Gasteiger partial charge >= 0.3 is 6.09 Å². The fourth-order valence-corrected chi connectivity index (χ4v) is 5.41. The van der Waals surface area contributed by atoms with E-state index in [1.807, 2.05) is 30.3 Å². The molecule has 5 aromatic rings. The van der Waals surface area contributed by atoms with Gasteiger partial charge in [-0.2, -0.15) is 19.6 Å². The highest BCUT2D eigenvalue weighted by molar-refractivity contribution is 5.85. The third-order valence-electron chi connectivity index (χ3n) is 7.66. The number of carbonyl (C=O) groups excluding carboxylic acids is 2. The first-order chi connectivity index (χ1) is 22.8. The van der Waals surface area contributed by atoms with Gasteiger partial charge in [0, 0.05) is 0 Å². The maximum absolute atomic E-state index is 12.4. The zero-order valence-corrected chi connectivity index (χ0v) is 24.8. The van der Waals surface area contributed by atoms with Gasteiger partial charge in [0.1, 0.15) is 30.9 Å². The molecule has 244 valence electrons. The minimum absolute atomic E-state index is 0.00768. The number of fused-ring (bicyclic) bond motifs is 1.